The average Bonchev–Trinajstić information content (AvgIpc) is 3.33. The Hall–Kier alpha value is -4.08. The molecule has 0 bridgehead atoms. The van der Waals surface area contributed by atoms with Gasteiger partial charge >= 0.3 is 0 Å². The molecule has 2 aromatic carbocycles. The fourth-order valence-corrected chi connectivity index (χ4v) is 4.76. The zero-order valence-corrected chi connectivity index (χ0v) is 19.6. The van der Waals surface area contributed by atoms with Gasteiger partial charge in [-0.3, -0.25) is 0 Å². The molecule has 1 aliphatic heterocycles. The summed E-state index contributed by atoms with van der Waals surface area (Å²) in [6, 6.07) is 19.8. The van der Waals surface area contributed by atoms with Gasteiger partial charge in [-0.15, -0.1) is 0 Å². The summed E-state index contributed by atoms with van der Waals surface area (Å²) in [5.41, 5.74) is 3.41. The van der Waals surface area contributed by atoms with E-state index in [4.69, 9.17) is 9.47 Å². The fraction of sp³-hybridized carbons (Fsp3) is 0.154. The summed E-state index contributed by atoms with van der Waals surface area (Å²) < 4.78 is 12.7. The first kappa shape index (κ1) is 21.5. The van der Waals surface area contributed by atoms with Crippen LogP contribution in [0, 0.1) is 0 Å². The molecule has 1 saturated heterocycles. The number of pyridine rings is 1. The maximum atomic E-state index is 6.09. The first-order chi connectivity index (χ1) is 17.3. The van der Waals surface area contributed by atoms with Crippen molar-refractivity contribution in [3.8, 4) is 22.9 Å². The Morgan fingerprint density at radius 2 is 1.71 bits per heavy atom. The minimum absolute atomic E-state index is 0.431. The summed E-state index contributed by atoms with van der Waals surface area (Å²) >= 11 is 1.62. The third-order valence-corrected chi connectivity index (χ3v) is 6.59. The second kappa shape index (κ2) is 9.65. The molecule has 174 valence electrons. The molecule has 0 aliphatic carbocycles. The van der Waals surface area contributed by atoms with Crippen LogP contribution in [0.15, 0.2) is 79.3 Å². The Morgan fingerprint density at radius 3 is 2.51 bits per heavy atom. The quantitative estimate of drug-likeness (QED) is 0.339. The lowest BCUT2D eigenvalue weighted by atomic mass is 10.2. The number of thiazole rings is 1. The van der Waals surface area contributed by atoms with Gasteiger partial charge in [0.25, 0.3) is 0 Å². The summed E-state index contributed by atoms with van der Waals surface area (Å²) in [5.74, 6) is 2.03. The van der Waals surface area contributed by atoms with Crippen molar-refractivity contribution in [2.45, 2.75) is 0 Å². The smallest absolute Gasteiger partial charge is 0.246 e. The third-order valence-electron chi connectivity index (χ3n) is 5.64. The van der Waals surface area contributed by atoms with Crippen LogP contribution in [0.3, 0.4) is 0 Å². The highest BCUT2D eigenvalue weighted by Crippen LogP contribution is 2.32. The van der Waals surface area contributed by atoms with Crippen LogP contribution in [-0.2, 0) is 4.74 Å². The number of para-hydroxylation sites is 1. The monoisotopic (exact) mass is 482 g/mol. The van der Waals surface area contributed by atoms with E-state index in [-0.39, 0.29) is 0 Å². The zero-order chi connectivity index (χ0) is 23.5. The Morgan fingerprint density at radius 1 is 0.886 bits per heavy atom. The fourth-order valence-electron chi connectivity index (χ4n) is 3.87. The van der Waals surface area contributed by atoms with Crippen LogP contribution < -0.4 is 15.0 Å². The standard InChI is InChI=1S/C26H22N6O2S/c1-2-4-22-21(3-1)31-26(35-22)30-19-6-8-20(9-7-19)34-25-24(27-11-12-28-25)18-5-10-23(29-17-18)32-13-15-33-16-14-32/h1-12,17H,13-16H2,(H,30,31). The molecule has 0 amide bonds. The molecule has 9 heteroatoms. The van der Waals surface area contributed by atoms with E-state index in [1.54, 1.807) is 23.7 Å². The highest BCUT2D eigenvalue weighted by Gasteiger charge is 2.15. The molecule has 6 rings (SSSR count). The van der Waals surface area contributed by atoms with E-state index in [0.717, 1.165) is 58.7 Å². The molecular formula is C26H22N6O2S. The largest absolute Gasteiger partial charge is 0.437 e. The molecule has 35 heavy (non-hydrogen) atoms. The van der Waals surface area contributed by atoms with Gasteiger partial charge in [0.2, 0.25) is 5.88 Å². The van der Waals surface area contributed by atoms with Crippen molar-refractivity contribution in [1.82, 2.24) is 19.9 Å². The maximum Gasteiger partial charge on any atom is 0.246 e. The molecule has 0 radical (unpaired) electrons. The number of morpholine rings is 1. The van der Waals surface area contributed by atoms with Gasteiger partial charge in [0.15, 0.2) is 5.13 Å². The summed E-state index contributed by atoms with van der Waals surface area (Å²) in [5, 5.41) is 4.21. The highest BCUT2D eigenvalue weighted by molar-refractivity contribution is 7.22. The van der Waals surface area contributed by atoms with Crippen LogP contribution >= 0.6 is 11.3 Å². The van der Waals surface area contributed by atoms with E-state index >= 15 is 0 Å². The molecule has 1 fully saturated rings. The highest BCUT2D eigenvalue weighted by atomic mass is 32.1. The van der Waals surface area contributed by atoms with E-state index in [2.05, 4.69) is 36.2 Å². The van der Waals surface area contributed by atoms with Crippen molar-refractivity contribution >= 4 is 38.2 Å². The van der Waals surface area contributed by atoms with Crippen LogP contribution in [0.2, 0.25) is 0 Å². The molecule has 4 heterocycles. The second-order valence-corrected chi connectivity index (χ2v) is 8.98. The van der Waals surface area contributed by atoms with Crippen molar-refractivity contribution in [2.75, 3.05) is 36.5 Å². The molecular weight excluding hydrogens is 460 g/mol. The zero-order valence-electron chi connectivity index (χ0n) is 18.8. The molecule has 0 unspecified atom stereocenters. The van der Waals surface area contributed by atoms with Gasteiger partial charge in [-0.1, -0.05) is 23.5 Å². The van der Waals surface area contributed by atoms with E-state index in [1.807, 2.05) is 60.8 Å². The molecule has 5 aromatic rings. The molecule has 1 aliphatic rings. The van der Waals surface area contributed by atoms with Gasteiger partial charge in [-0.2, -0.15) is 0 Å². The molecule has 0 saturated carbocycles. The number of nitrogens with zero attached hydrogens (tertiary/aromatic N) is 5. The van der Waals surface area contributed by atoms with Gasteiger partial charge in [-0.25, -0.2) is 19.9 Å². The van der Waals surface area contributed by atoms with Gasteiger partial charge in [0.1, 0.15) is 17.3 Å². The van der Waals surface area contributed by atoms with Crippen molar-refractivity contribution < 1.29 is 9.47 Å². The van der Waals surface area contributed by atoms with Crippen LogP contribution in [0.25, 0.3) is 21.5 Å². The van der Waals surface area contributed by atoms with Crippen LogP contribution in [0.1, 0.15) is 0 Å². The summed E-state index contributed by atoms with van der Waals surface area (Å²) in [7, 11) is 0. The van der Waals surface area contributed by atoms with Gasteiger partial charge in [0, 0.05) is 42.9 Å². The lowest BCUT2D eigenvalue weighted by Gasteiger charge is -2.27. The van der Waals surface area contributed by atoms with Gasteiger partial charge in [-0.05, 0) is 48.5 Å². The average molecular weight is 483 g/mol. The van der Waals surface area contributed by atoms with E-state index < -0.39 is 0 Å². The Kier molecular flexibility index (Phi) is 5.92. The summed E-state index contributed by atoms with van der Waals surface area (Å²) in [6.45, 7) is 3.13. The first-order valence-corrected chi connectivity index (χ1v) is 12.1. The lowest BCUT2D eigenvalue weighted by molar-refractivity contribution is 0.122. The van der Waals surface area contributed by atoms with Gasteiger partial charge < -0.3 is 19.7 Å². The van der Waals surface area contributed by atoms with Crippen molar-refractivity contribution in [1.29, 1.82) is 0 Å². The van der Waals surface area contributed by atoms with Crippen molar-refractivity contribution in [3.05, 3.63) is 79.3 Å². The number of fused-ring (bicyclic) bond motifs is 1. The molecule has 0 spiro atoms. The SMILES string of the molecule is c1ccc2sc(Nc3ccc(Oc4nccnc4-c4ccc(N5CCOCC5)nc4)cc3)nc2c1. The number of hydrogen-bond donors (Lipinski definition) is 1. The van der Waals surface area contributed by atoms with E-state index in [9.17, 15) is 0 Å². The number of anilines is 3. The maximum absolute atomic E-state index is 6.09. The normalized spacial score (nSPS) is 13.7. The third kappa shape index (κ3) is 4.77. The number of nitrogens with one attached hydrogen (secondary N) is 1. The lowest BCUT2D eigenvalue weighted by Crippen LogP contribution is -2.36. The minimum Gasteiger partial charge on any atom is -0.437 e. The predicted octanol–water partition coefficient (Wildman–Crippen LogP) is 5.52. The van der Waals surface area contributed by atoms with E-state index in [1.165, 1.54) is 0 Å². The molecule has 1 N–H and O–H groups in total. The Labute approximate surface area is 206 Å². The van der Waals surface area contributed by atoms with Crippen LogP contribution in [0.5, 0.6) is 11.6 Å². The predicted molar refractivity (Wildman–Crippen MR) is 138 cm³/mol. The number of hydrogen-bond acceptors (Lipinski definition) is 9. The topological polar surface area (TPSA) is 85.3 Å². The number of aromatic nitrogens is 4. The number of benzene rings is 2. The van der Waals surface area contributed by atoms with Crippen molar-refractivity contribution in [2.24, 2.45) is 0 Å². The van der Waals surface area contributed by atoms with Gasteiger partial charge in [0.05, 0.1) is 23.4 Å². The Balaban J connectivity index is 1.17. The summed E-state index contributed by atoms with van der Waals surface area (Å²) in [6.07, 6.45) is 5.09. The molecule has 0 atom stereocenters. The second-order valence-electron chi connectivity index (χ2n) is 7.95. The van der Waals surface area contributed by atoms with Crippen molar-refractivity contribution in [3.63, 3.8) is 0 Å². The van der Waals surface area contributed by atoms with Crippen LogP contribution in [0.4, 0.5) is 16.6 Å². The molecule has 3 aromatic heterocycles. The number of rotatable bonds is 6. The Bertz CT molecular complexity index is 1400. The molecule has 8 nitrogen and oxygen atoms in total. The van der Waals surface area contributed by atoms with E-state index in [0.29, 0.717) is 17.3 Å². The van der Waals surface area contributed by atoms with Crippen LogP contribution in [-0.4, -0.2) is 46.2 Å². The number of ether oxygens (including phenoxy) is 2. The first-order valence-electron chi connectivity index (χ1n) is 11.3. The summed E-state index contributed by atoms with van der Waals surface area (Å²) in [4.78, 5) is 20.4. The minimum atomic E-state index is 0.431.